The lowest BCUT2D eigenvalue weighted by atomic mass is 10.0. The maximum atomic E-state index is 13.1. The van der Waals surface area contributed by atoms with Crippen molar-refractivity contribution in [2.24, 2.45) is 0 Å². The van der Waals surface area contributed by atoms with E-state index in [1.165, 1.54) is 23.5 Å². The molecule has 8 heteroatoms. The normalized spacial score (nSPS) is 13.3. The fourth-order valence-electron chi connectivity index (χ4n) is 4.23. The Hall–Kier alpha value is -3.26. The monoisotopic (exact) mass is 460 g/mol. The van der Waals surface area contributed by atoms with Gasteiger partial charge in [0.2, 0.25) is 0 Å². The third kappa shape index (κ3) is 2.72. The minimum Gasteiger partial charge on any atom is -0.455 e. The maximum absolute atomic E-state index is 13.1. The molecule has 0 saturated heterocycles. The highest BCUT2D eigenvalue weighted by molar-refractivity contribution is 7.26. The standard InChI is InChI=1S/C24H10F6OS/c25-23(26,27)11-1-3-13-15-5-8-18-16(21(15)31-19(13)9-11)6-7-17-14-4-2-12(24(28,29)30)10-20(14)32-22(17)18/h1-10H. The smallest absolute Gasteiger partial charge is 0.416 e. The van der Waals surface area contributed by atoms with Gasteiger partial charge in [-0.2, -0.15) is 26.3 Å². The van der Waals surface area contributed by atoms with E-state index in [0.29, 0.717) is 26.4 Å². The van der Waals surface area contributed by atoms with Gasteiger partial charge in [-0.3, -0.25) is 0 Å². The number of hydrogen-bond acceptors (Lipinski definition) is 2. The average molecular weight is 460 g/mol. The van der Waals surface area contributed by atoms with Crippen molar-refractivity contribution in [3.8, 4) is 0 Å². The largest absolute Gasteiger partial charge is 0.455 e. The molecule has 0 aliphatic heterocycles. The zero-order valence-corrected chi connectivity index (χ0v) is 16.7. The highest BCUT2D eigenvalue weighted by atomic mass is 32.1. The Morgan fingerprint density at radius 2 is 1.06 bits per heavy atom. The van der Waals surface area contributed by atoms with Crippen LogP contribution < -0.4 is 0 Å². The van der Waals surface area contributed by atoms with Gasteiger partial charge in [0.15, 0.2) is 0 Å². The summed E-state index contributed by atoms with van der Waals surface area (Å²) in [5.41, 5.74) is -0.914. The fraction of sp³-hybridized carbons (Fsp3) is 0.0833. The Kier molecular flexibility index (Phi) is 3.74. The molecule has 0 bridgehead atoms. The van der Waals surface area contributed by atoms with Crippen molar-refractivity contribution in [1.29, 1.82) is 0 Å². The van der Waals surface area contributed by atoms with Gasteiger partial charge < -0.3 is 4.42 Å². The Morgan fingerprint density at radius 1 is 0.562 bits per heavy atom. The fourth-order valence-corrected chi connectivity index (χ4v) is 5.50. The molecule has 4 aromatic carbocycles. The topological polar surface area (TPSA) is 13.1 Å². The molecule has 0 aliphatic carbocycles. The molecule has 0 unspecified atom stereocenters. The minimum absolute atomic E-state index is 0.133. The van der Waals surface area contributed by atoms with Crippen molar-refractivity contribution in [2.75, 3.05) is 0 Å². The van der Waals surface area contributed by atoms with Gasteiger partial charge >= 0.3 is 12.4 Å². The van der Waals surface area contributed by atoms with Crippen LogP contribution in [0.25, 0.3) is 52.9 Å². The predicted molar refractivity (Wildman–Crippen MR) is 114 cm³/mol. The van der Waals surface area contributed by atoms with Gasteiger partial charge in [-0.25, -0.2) is 0 Å². The molecule has 0 spiro atoms. The van der Waals surface area contributed by atoms with Crippen molar-refractivity contribution < 1.29 is 30.8 Å². The highest BCUT2D eigenvalue weighted by Crippen LogP contribution is 2.44. The number of rotatable bonds is 0. The summed E-state index contributed by atoms with van der Waals surface area (Å²) in [5.74, 6) is 0. The second-order valence-corrected chi connectivity index (χ2v) is 8.65. The van der Waals surface area contributed by atoms with Crippen LogP contribution in [0.2, 0.25) is 0 Å². The van der Waals surface area contributed by atoms with Crippen molar-refractivity contribution in [3.63, 3.8) is 0 Å². The first-order valence-electron chi connectivity index (χ1n) is 9.50. The molecule has 0 fully saturated rings. The van der Waals surface area contributed by atoms with Crippen LogP contribution in [0.3, 0.4) is 0 Å². The number of furan rings is 1. The van der Waals surface area contributed by atoms with Crippen LogP contribution >= 0.6 is 11.3 Å². The summed E-state index contributed by atoms with van der Waals surface area (Å²) in [4.78, 5) is 0. The number of benzene rings is 4. The van der Waals surface area contributed by atoms with Crippen molar-refractivity contribution in [3.05, 3.63) is 71.8 Å². The highest BCUT2D eigenvalue weighted by Gasteiger charge is 2.32. The Bertz CT molecular complexity index is 1570. The SMILES string of the molecule is FC(F)(F)c1ccc2c(c1)oc1c2ccc2c1ccc1c3ccc(C(F)(F)F)cc3sc12. The predicted octanol–water partition coefficient (Wildman–Crippen LogP) is 9.14. The van der Waals surface area contributed by atoms with E-state index in [4.69, 9.17) is 4.42 Å². The van der Waals surface area contributed by atoms with Crippen molar-refractivity contribution in [1.82, 2.24) is 0 Å². The van der Waals surface area contributed by atoms with E-state index in [0.717, 1.165) is 45.1 Å². The molecule has 0 N–H and O–H groups in total. The van der Waals surface area contributed by atoms with E-state index >= 15 is 0 Å². The van der Waals surface area contributed by atoms with Gasteiger partial charge in [-0.15, -0.1) is 11.3 Å². The minimum atomic E-state index is -4.48. The first kappa shape index (κ1) is 19.4. The van der Waals surface area contributed by atoms with E-state index < -0.39 is 23.5 Å². The zero-order chi connectivity index (χ0) is 22.4. The van der Waals surface area contributed by atoms with Crippen molar-refractivity contribution in [2.45, 2.75) is 12.4 Å². The number of hydrogen-bond donors (Lipinski definition) is 0. The van der Waals surface area contributed by atoms with Crippen LogP contribution in [-0.4, -0.2) is 0 Å². The van der Waals surface area contributed by atoms with Crippen LogP contribution in [0.4, 0.5) is 26.3 Å². The maximum Gasteiger partial charge on any atom is 0.416 e. The van der Waals surface area contributed by atoms with E-state index in [9.17, 15) is 26.3 Å². The summed E-state index contributed by atoms with van der Waals surface area (Å²) in [6, 6.07) is 14.3. The lowest BCUT2D eigenvalue weighted by Crippen LogP contribution is -2.03. The second-order valence-electron chi connectivity index (χ2n) is 7.60. The van der Waals surface area contributed by atoms with Gasteiger partial charge in [0.1, 0.15) is 11.2 Å². The van der Waals surface area contributed by atoms with Crippen LogP contribution in [-0.2, 0) is 12.4 Å². The Labute approximate surface area is 179 Å². The number of fused-ring (bicyclic) bond motifs is 9. The molecule has 2 aromatic heterocycles. The molecule has 0 aliphatic rings. The summed E-state index contributed by atoms with van der Waals surface area (Å²) in [5, 5.41) is 4.27. The molecule has 2 heterocycles. The second kappa shape index (κ2) is 6.16. The van der Waals surface area contributed by atoms with Crippen molar-refractivity contribution >= 4 is 64.2 Å². The molecule has 6 rings (SSSR count). The van der Waals surface area contributed by atoms with Gasteiger partial charge in [-0.05, 0) is 42.5 Å². The third-order valence-electron chi connectivity index (χ3n) is 5.72. The summed E-state index contributed by atoms with van der Waals surface area (Å²) < 4.78 is 85.8. The third-order valence-corrected chi connectivity index (χ3v) is 6.93. The molecule has 0 amide bonds. The zero-order valence-electron chi connectivity index (χ0n) is 15.9. The molecule has 6 aromatic rings. The molecule has 160 valence electrons. The first-order valence-corrected chi connectivity index (χ1v) is 10.3. The van der Waals surface area contributed by atoms with Crippen LogP contribution in [0.5, 0.6) is 0 Å². The number of alkyl halides is 6. The van der Waals surface area contributed by atoms with E-state index in [-0.39, 0.29) is 5.58 Å². The van der Waals surface area contributed by atoms with Crippen LogP contribution in [0.15, 0.2) is 65.1 Å². The summed E-state index contributed by atoms with van der Waals surface area (Å²) in [6.45, 7) is 0. The molecule has 0 atom stereocenters. The first-order chi connectivity index (χ1) is 15.1. The lowest BCUT2D eigenvalue weighted by Gasteiger charge is -2.05. The summed E-state index contributed by atoms with van der Waals surface area (Å²) in [6.07, 6.45) is -8.91. The summed E-state index contributed by atoms with van der Waals surface area (Å²) >= 11 is 1.25. The molecule has 32 heavy (non-hydrogen) atoms. The molecular formula is C24H10F6OS. The number of halogens is 6. The molecule has 0 saturated carbocycles. The van der Waals surface area contributed by atoms with Gasteiger partial charge in [0, 0.05) is 41.7 Å². The van der Waals surface area contributed by atoms with Gasteiger partial charge in [0.05, 0.1) is 11.1 Å². The molecule has 1 nitrogen and oxygen atoms in total. The van der Waals surface area contributed by atoms with Crippen LogP contribution in [0.1, 0.15) is 11.1 Å². The quantitative estimate of drug-likeness (QED) is 0.206. The average Bonchev–Trinajstić information content (AvgIpc) is 3.29. The van der Waals surface area contributed by atoms with Gasteiger partial charge in [0.25, 0.3) is 0 Å². The van der Waals surface area contributed by atoms with E-state index in [1.807, 2.05) is 12.1 Å². The van der Waals surface area contributed by atoms with Crippen LogP contribution in [0, 0.1) is 0 Å². The molecular weight excluding hydrogens is 450 g/mol. The Morgan fingerprint density at radius 3 is 1.72 bits per heavy atom. The van der Waals surface area contributed by atoms with E-state index in [2.05, 4.69) is 0 Å². The lowest BCUT2D eigenvalue weighted by molar-refractivity contribution is -0.138. The number of thiophene rings is 1. The van der Waals surface area contributed by atoms with E-state index in [1.54, 1.807) is 12.1 Å². The molecule has 0 radical (unpaired) electrons. The van der Waals surface area contributed by atoms with Gasteiger partial charge in [-0.1, -0.05) is 18.2 Å². The Balaban J connectivity index is 1.65. The summed E-state index contributed by atoms with van der Waals surface area (Å²) in [7, 11) is 0.